The van der Waals surface area contributed by atoms with Gasteiger partial charge in [-0.2, -0.15) is 19.6 Å². The molecule has 242 valence electrons. The molecular formula is C36H47N9O. The molecule has 1 fully saturated rings. The molecule has 0 spiro atoms. The van der Waals surface area contributed by atoms with Crippen LogP contribution in [0.1, 0.15) is 60.4 Å². The molecule has 5 rings (SSSR count). The Hall–Kier alpha value is -4.54. The van der Waals surface area contributed by atoms with Crippen LogP contribution in [0.4, 0.5) is 17.6 Å². The van der Waals surface area contributed by atoms with Crippen molar-refractivity contribution in [2.24, 2.45) is 5.73 Å². The molecule has 10 heteroatoms. The first-order chi connectivity index (χ1) is 22.2. The summed E-state index contributed by atoms with van der Waals surface area (Å²) in [6.07, 6.45) is 12.2. The number of fused-ring (bicyclic) bond motifs is 1. The van der Waals surface area contributed by atoms with Crippen molar-refractivity contribution in [3.05, 3.63) is 94.7 Å². The van der Waals surface area contributed by atoms with E-state index in [1.165, 1.54) is 16.7 Å². The Labute approximate surface area is 272 Å². The van der Waals surface area contributed by atoms with E-state index in [0.717, 1.165) is 60.8 Å². The molecule has 0 bridgehead atoms. The number of hydrogen-bond donors (Lipinski definition) is 3. The number of aryl methyl sites for hydroxylation is 1. The zero-order chi connectivity index (χ0) is 32.6. The van der Waals surface area contributed by atoms with Crippen molar-refractivity contribution in [1.82, 2.24) is 24.5 Å². The van der Waals surface area contributed by atoms with Crippen LogP contribution in [0.25, 0.3) is 11.7 Å². The van der Waals surface area contributed by atoms with Crippen molar-refractivity contribution in [2.75, 3.05) is 49.3 Å². The molecule has 1 aliphatic heterocycles. The molecule has 0 aliphatic carbocycles. The Morgan fingerprint density at radius 2 is 1.89 bits per heavy atom. The fourth-order valence-electron chi connectivity index (χ4n) is 5.62. The number of anilines is 3. The van der Waals surface area contributed by atoms with E-state index >= 15 is 0 Å². The topological polar surface area (TPSA) is 117 Å². The smallest absolute Gasteiger partial charge is 0.248 e. The van der Waals surface area contributed by atoms with Crippen molar-refractivity contribution in [3.63, 3.8) is 0 Å². The van der Waals surface area contributed by atoms with Crippen LogP contribution in [0.3, 0.4) is 0 Å². The highest BCUT2D eigenvalue weighted by Crippen LogP contribution is 2.26. The van der Waals surface area contributed by atoms with Gasteiger partial charge in [0.1, 0.15) is 0 Å². The molecule has 4 aromatic rings. The van der Waals surface area contributed by atoms with E-state index in [-0.39, 0.29) is 11.9 Å². The summed E-state index contributed by atoms with van der Waals surface area (Å²) in [6, 6.07) is 14.5. The molecule has 1 saturated heterocycles. The summed E-state index contributed by atoms with van der Waals surface area (Å²) in [5, 5.41) is 11.2. The van der Waals surface area contributed by atoms with Crippen LogP contribution < -0.4 is 21.3 Å². The molecular weight excluding hydrogens is 574 g/mol. The quantitative estimate of drug-likeness (QED) is 0.180. The van der Waals surface area contributed by atoms with E-state index in [1.54, 1.807) is 6.08 Å². The number of amides is 1. The number of piperidine rings is 1. The molecule has 2 aromatic carbocycles. The number of hydrogen-bond acceptors (Lipinski definition) is 8. The van der Waals surface area contributed by atoms with Gasteiger partial charge in [0.25, 0.3) is 0 Å². The number of rotatable bonds is 12. The Kier molecular flexibility index (Phi) is 10.8. The minimum Gasteiger partial charge on any atom is -0.350 e. The Balaban J connectivity index is 1.31. The molecule has 1 aliphatic rings. The van der Waals surface area contributed by atoms with Crippen LogP contribution in [-0.2, 0) is 17.8 Å². The highest BCUT2D eigenvalue weighted by Gasteiger charge is 2.22. The summed E-state index contributed by atoms with van der Waals surface area (Å²) < 4.78 is 1.83. The molecule has 2 aromatic heterocycles. The summed E-state index contributed by atoms with van der Waals surface area (Å²) in [7, 11) is 3.94. The fourth-order valence-corrected chi connectivity index (χ4v) is 5.62. The van der Waals surface area contributed by atoms with Crippen molar-refractivity contribution < 1.29 is 4.79 Å². The first kappa shape index (κ1) is 32.8. The van der Waals surface area contributed by atoms with E-state index in [2.05, 4.69) is 71.8 Å². The standard InChI is InChI=1S/C36H47N9O/c1-25(2)31-24-39-45-34(31)41-36(44-20-17-29(37)18-21-44)42-35(45)38-23-32-26(3)10-6-13-28(32)14-7-11-27-12-8-15-30(22-27)40-33(46)16-9-19-43(4)5/h6-13,15-16,22,24-25,29H,14,17-21,23,37H2,1-5H3,(H,40,46)(H,38,41,42)/b11-7-,16-9+. The predicted molar refractivity (Wildman–Crippen MR) is 188 cm³/mol. The molecule has 3 heterocycles. The van der Waals surface area contributed by atoms with E-state index < -0.39 is 0 Å². The van der Waals surface area contributed by atoms with Gasteiger partial charge >= 0.3 is 0 Å². The lowest BCUT2D eigenvalue weighted by atomic mass is 9.99. The molecule has 0 saturated carbocycles. The second-order valence-corrected chi connectivity index (χ2v) is 12.6. The minimum absolute atomic E-state index is 0.136. The molecule has 0 radical (unpaired) electrons. The van der Waals surface area contributed by atoms with E-state index in [9.17, 15) is 4.79 Å². The average molecular weight is 622 g/mol. The molecule has 0 atom stereocenters. The summed E-state index contributed by atoms with van der Waals surface area (Å²) in [6.45, 7) is 9.48. The third kappa shape index (κ3) is 8.38. The number of nitrogens with one attached hydrogen (secondary N) is 2. The van der Waals surface area contributed by atoms with E-state index in [4.69, 9.17) is 15.7 Å². The van der Waals surface area contributed by atoms with Crippen molar-refractivity contribution in [3.8, 4) is 0 Å². The van der Waals surface area contributed by atoms with Crippen LogP contribution in [0, 0.1) is 6.92 Å². The molecule has 4 N–H and O–H groups in total. The monoisotopic (exact) mass is 621 g/mol. The van der Waals surface area contributed by atoms with Gasteiger partial charge in [0.15, 0.2) is 5.65 Å². The number of carbonyl (C=O) groups excluding carboxylic acids is 1. The maximum Gasteiger partial charge on any atom is 0.248 e. The zero-order valence-electron chi connectivity index (χ0n) is 27.7. The highest BCUT2D eigenvalue weighted by molar-refractivity contribution is 5.99. The highest BCUT2D eigenvalue weighted by atomic mass is 16.1. The molecule has 1 amide bonds. The summed E-state index contributed by atoms with van der Waals surface area (Å²) in [5.41, 5.74) is 13.6. The van der Waals surface area contributed by atoms with E-state index in [1.807, 2.05) is 60.0 Å². The number of nitrogens with two attached hydrogens (primary N) is 1. The van der Waals surface area contributed by atoms with Crippen LogP contribution in [0.15, 0.2) is 66.9 Å². The van der Waals surface area contributed by atoms with Gasteiger partial charge in [-0.05, 0) is 80.6 Å². The second-order valence-electron chi connectivity index (χ2n) is 12.6. The van der Waals surface area contributed by atoms with Crippen molar-refractivity contribution in [1.29, 1.82) is 0 Å². The number of allylic oxidation sites excluding steroid dienone is 1. The minimum atomic E-state index is -0.136. The largest absolute Gasteiger partial charge is 0.350 e. The summed E-state index contributed by atoms with van der Waals surface area (Å²) in [4.78, 5) is 26.5. The zero-order valence-corrected chi connectivity index (χ0v) is 27.7. The van der Waals surface area contributed by atoms with Crippen LogP contribution in [-0.4, -0.2) is 70.2 Å². The second kappa shape index (κ2) is 15.2. The average Bonchev–Trinajstić information content (AvgIpc) is 3.46. The van der Waals surface area contributed by atoms with Crippen LogP contribution in [0.5, 0.6) is 0 Å². The van der Waals surface area contributed by atoms with Crippen molar-refractivity contribution in [2.45, 2.75) is 58.5 Å². The Morgan fingerprint density at radius 1 is 1.11 bits per heavy atom. The maximum absolute atomic E-state index is 12.3. The van der Waals surface area contributed by atoms with Gasteiger partial charge < -0.3 is 26.2 Å². The maximum atomic E-state index is 12.3. The fraction of sp³-hybridized carbons (Fsp3) is 0.389. The SMILES string of the molecule is Cc1cccc(C/C=C\c2cccc(NC(=O)/C=C/CN(C)C)c2)c1CNc1nc(N2CCC(N)CC2)nc2c(C(C)C)cnn12. The molecule has 46 heavy (non-hydrogen) atoms. The number of nitrogens with zero attached hydrogens (tertiary/aromatic N) is 6. The van der Waals surface area contributed by atoms with Crippen LogP contribution >= 0.6 is 0 Å². The van der Waals surface area contributed by atoms with Gasteiger partial charge in [0, 0.05) is 49.5 Å². The Bertz CT molecular complexity index is 1700. The third-order valence-corrected chi connectivity index (χ3v) is 8.30. The van der Waals surface area contributed by atoms with Gasteiger partial charge in [0.05, 0.1) is 6.20 Å². The van der Waals surface area contributed by atoms with Gasteiger partial charge in [-0.25, -0.2) is 0 Å². The normalized spacial score (nSPS) is 14.4. The molecule has 10 nitrogen and oxygen atoms in total. The number of benzene rings is 2. The number of aromatic nitrogens is 4. The third-order valence-electron chi connectivity index (χ3n) is 8.30. The van der Waals surface area contributed by atoms with Gasteiger partial charge in [0.2, 0.25) is 17.8 Å². The van der Waals surface area contributed by atoms with Crippen LogP contribution in [0.2, 0.25) is 0 Å². The van der Waals surface area contributed by atoms with Gasteiger partial charge in [-0.1, -0.05) is 62.4 Å². The first-order valence-corrected chi connectivity index (χ1v) is 16.1. The summed E-state index contributed by atoms with van der Waals surface area (Å²) >= 11 is 0. The summed E-state index contributed by atoms with van der Waals surface area (Å²) in [5.74, 6) is 1.56. The Morgan fingerprint density at radius 3 is 2.65 bits per heavy atom. The molecule has 0 unspecified atom stereocenters. The lowest BCUT2D eigenvalue weighted by molar-refractivity contribution is -0.111. The van der Waals surface area contributed by atoms with Crippen molar-refractivity contribution >= 4 is 35.2 Å². The lowest BCUT2D eigenvalue weighted by Gasteiger charge is -2.30. The number of likely N-dealkylation sites (N-methyl/N-ethyl adjacent to an activating group) is 1. The van der Waals surface area contributed by atoms with Gasteiger partial charge in [-0.3, -0.25) is 4.79 Å². The number of carbonyl (C=O) groups is 1. The lowest BCUT2D eigenvalue weighted by Crippen LogP contribution is -2.40. The van der Waals surface area contributed by atoms with E-state index in [0.29, 0.717) is 25.0 Å². The first-order valence-electron chi connectivity index (χ1n) is 16.1. The predicted octanol–water partition coefficient (Wildman–Crippen LogP) is 5.41. The van der Waals surface area contributed by atoms with Gasteiger partial charge in [-0.15, -0.1) is 0 Å².